The summed E-state index contributed by atoms with van der Waals surface area (Å²) in [6, 6.07) is 14.6. The molecule has 1 heterocycles. The number of nitrogens with one attached hydrogen (secondary N) is 2. The van der Waals surface area contributed by atoms with Crippen LogP contribution in [0.1, 0.15) is 31.7 Å². The molecule has 1 aromatic heterocycles. The number of benzene rings is 2. The van der Waals surface area contributed by atoms with E-state index in [9.17, 15) is 13.2 Å². The van der Waals surface area contributed by atoms with Gasteiger partial charge in [0.15, 0.2) is 12.4 Å². The van der Waals surface area contributed by atoms with Gasteiger partial charge in [0.05, 0.1) is 19.1 Å². The van der Waals surface area contributed by atoms with Gasteiger partial charge in [-0.2, -0.15) is 9.97 Å². The second-order valence-electron chi connectivity index (χ2n) is 7.60. The third-order valence-electron chi connectivity index (χ3n) is 5.18. The molecule has 0 radical (unpaired) electrons. The summed E-state index contributed by atoms with van der Waals surface area (Å²) in [6.45, 7) is 4.02. The number of methoxy groups -OCH3 is 2. The highest BCUT2D eigenvalue weighted by Gasteiger charge is 2.17. The van der Waals surface area contributed by atoms with E-state index < -0.39 is 10.0 Å². The lowest BCUT2D eigenvalue weighted by molar-refractivity contribution is -0.118. The third-order valence-corrected chi connectivity index (χ3v) is 6.55. The summed E-state index contributed by atoms with van der Waals surface area (Å²) in [5, 5.41) is 2.70. The summed E-state index contributed by atoms with van der Waals surface area (Å²) in [7, 11) is -1.21. The van der Waals surface area contributed by atoms with Gasteiger partial charge in [0, 0.05) is 11.8 Å². The zero-order chi connectivity index (χ0) is 25.4. The lowest BCUT2D eigenvalue weighted by Gasteiger charge is -2.15. The maximum atomic E-state index is 12.7. The number of amides is 1. The van der Waals surface area contributed by atoms with Gasteiger partial charge < -0.3 is 19.5 Å². The number of nitrogens with zero attached hydrogens (tertiary/aromatic N) is 2. The van der Waals surface area contributed by atoms with Crippen molar-refractivity contribution >= 4 is 27.4 Å². The number of ether oxygens (including phenoxy) is 3. The first-order valence-corrected chi connectivity index (χ1v) is 12.4. The fourth-order valence-corrected chi connectivity index (χ4v) is 4.14. The molecule has 2 aromatic carbocycles. The van der Waals surface area contributed by atoms with Gasteiger partial charge in [-0.1, -0.05) is 32.0 Å². The molecule has 1 atom stereocenters. The third kappa shape index (κ3) is 6.82. The first-order chi connectivity index (χ1) is 16.7. The molecule has 0 spiro atoms. The minimum atomic E-state index is -3.96. The zero-order valence-electron chi connectivity index (χ0n) is 19.9. The van der Waals surface area contributed by atoms with Crippen molar-refractivity contribution in [2.24, 2.45) is 0 Å². The van der Waals surface area contributed by atoms with Crippen LogP contribution in [0.5, 0.6) is 17.6 Å². The number of carbonyl (C=O) groups is 1. The SMILES string of the molecule is CC[C@H](C)c1ccccc1OCC(=O)Nc1ccc(S(=O)(=O)Nc2cc(OC)nc(OC)n2)cc1. The normalized spacial score (nSPS) is 11.9. The van der Waals surface area contributed by atoms with Crippen LogP contribution in [0.4, 0.5) is 11.5 Å². The molecule has 35 heavy (non-hydrogen) atoms. The van der Waals surface area contributed by atoms with Crippen LogP contribution in [0, 0.1) is 0 Å². The molecule has 0 saturated carbocycles. The summed E-state index contributed by atoms with van der Waals surface area (Å²) in [5.74, 6) is 0.741. The molecule has 3 rings (SSSR count). The Bertz CT molecular complexity index is 1240. The second kappa shape index (κ2) is 11.5. The molecule has 11 heteroatoms. The predicted octanol–water partition coefficient (Wildman–Crippen LogP) is 3.83. The van der Waals surface area contributed by atoms with Gasteiger partial charge in [0.25, 0.3) is 15.9 Å². The van der Waals surface area contributed by atoms with Gasteiger partial charge in [0.2, 0.25) is 5.88 Å². The highest BCUT2D eigenvalue weighted by molar-refractivity contribution is 7.92. The van der Waals surface area contributed by atoms with Crippen molar-refractivity contribution in [3.63, 3.8) is 0 Å². The van der Waals surface area contributed by atoms with Gasteiger partial charge in [-0.25, -0.2) is 8.42 Å². The van der Waals surface area contributed by atoms with E-state index in [-0.39, 0.29) is 35.1 Å². The Morgan fingerprint density at radius 1 is 1.03 bits per heavy atom. The highest BCUT2D eigenvalue weighted by atomic mass is 32.2. The summed E-state index contributed by atoms with van der Waals surface area (Å²) < 4.78 is 43.6. The van der Waals surface area contributed by atoms with Crippen LogP contribution in [-0.2, 0) is 14.8 Å². The molecule has 0 bridgehead atoms. The number of aromatic nitrogens is 2. The monoisotopic (exact) mass is 500 g/mol. The molecule has 0 saturated heterocycles. The molecule has 0 aliphatic heterocycles. The molecular weight excluding hydrogens is 472 g/mol. The van der Waals surface area contributed by atoms with E-state index in [4.69, 9.17) is 14.2 Å². The maximum absolute atomic E-state index is 12.7. The van der Waals surface area contributed by atoms with Crippen LogP contribution in [0.2, 0.25) is 0 Å². The topological polar surface area (TPSA) is 129 Å². The van der Waals surface area contributed by atoms with Crippen molar-refractivity contribution in [2.45, 2.75) is 31.1 Å². The Morgan fingerprint density at radius 2 is 1.74 bits per heavy atom. The molecular formula is C24H28N4O6S. The Balaban J connectivity index is 1.63. The van der Waals surface area contributed by atoms with E-state index in [1.165, 1.54) is 44.6 Å². The standard InChI is InChI=1S/C24H28N4O6S/c1-5-16(2)19-8-6-7-9-20(19)34-15-22(29)25-17-10-12-18(13-11-17)35(30,31)28-21-14-23(32-3)27-24(26-21)33-4/h6-14,16H,5,15H2,1-4H3,(H,25,29)(H,26,27,28)/t16-/m0/s1. The largest absolute Gasteiger partial charge is 0.483 e. The summed E-state index contributed by atoms with van der Waals surface area (Å²) in [5.41, 5.74) is 1.47. The first kappa shape index (κ1) is 25.8. The minimum Gasteiger partial charge on any atom is -0.483 e. The van der Waals surface area contributed by atoms with Gasteiger partial charge in [-0.3, -0.25) is 9.52 Å². The van der Waals surface area contributed by atoms with E-state index in [1.807, 2.05) is 24.3 Å². The Morgan fingerprint density at radius 3 is 2.40 bits per heavy atom. The quantitative estimate of drug-likeness (QED) is 0.407. The number of para-hydroxylation sites is 1. The average molecular weight is 501 g/mol. The molecule has 0 aliphatic rings. The van der Waals surface area contributed by atoms with Gasteiger partial charge in [-0.05, 0) is 48.2 Å². The Hall–Kier alpha value is -3.86. The second-order valence-corrected chi connectivity index (χ2v) is 9.28. The first-order valence-electron chi connectivity index (χ1n) is 10.9. The van der Waals surface area contributed by atoms with Gasteiger partial charge in [0.1, 0.15) is 5.75 Å². The fourth-order valence-electron chi connectivity index (χ4n) is 3.15. The van der Waals surface area contributed by atoms with Crippen molar-refractivity contribution < 1.29 is 27.4 Å². The lowest BCUT2D eigenvalue weighted by Crippen LogP contribution is -2.21. The minimum absolute atomic E-state index is 0.0131. The number of sulfonamides is 1. The van der Waals surface area contributed by atoms with Crippen molar-refractivity contribution in [1.82, 2.24) is 9.97 Å². The zero-order valence-corrected chi connectivity index (χ0v) is 20.8. The van der Waals surface area contributed by atoms with Crippen molar-refractivity contribution in [2.75, 3.05) is 30.9 Å². The van der Waals surface area contributed by atoms with Crippen LogP contribution in [0.15, 0.2) is 59.5 Å². The van der Waals surface area contributed by atoms with Gasteiger partial charge in [-0.15, -0.1) is 0 Å². The highest BCUT2D eigenvalue weighted by Crippen LogP contribution is 2.28. The van der Waals surface area contributed by atoms with Crippen LogP contribution in [0.3, 0.4) is 0 Å². The molecule has 0 fully saturated rings. The van der Waals surface area contributed by atoms with E-state index in [1.54, 1.807) is 0 Å². The van der Waals surface area contributed by atoms with Crippen molar-refractivity contribution in [1.29, 1.82) is 0 Å². The molecule has 2 N–H and O–H groups in total. The molecule has 10 nitrogen and oxygen atoms in total. The van der Waals surface area contributed by atoms with E-state index in [0.29, 0.717) is 17.4 Å². The average Bonchev–Trinajstić information content (AvgIpc) is 2.87. The summed E-state index contributed by atoms with van der Waals surface area (Å²) in [4.78, 5) is 20.2. The van der Waals surface area contributed by atoms with E-state index >= 15 is 0 Å². The number of anilines is 2. The number of hydrogen-bond donors (Lipinski definition) is 2. The molecule has 0 aliphatic carbocycles. The predicted molar refractivity (Wildman–Crippen MR) is 132 cm³/mol. The van der Waals surface area contributed by atoms with Crippen LogP contribution in [-0.4, -0.2) is 45.1 Å². The smallest absolute Gasteiger partial charge is 0.321 e. The Kier molecular flexibility index (Phi) is 8.48. The van der Waals surface area contributed by atoms with Crippen LogP contribution < -0.4 is 24.2 Å². The molecule has 1 amide bonds. The van der Waals surface area contributed by atoms with Crippen LogP contribution >= 0.6 is 0 Å². The molecule has 0 unspecified atom stereocenters. The van der Waals surface area contributed by atoms with Crippen molar-refractivity contribution in [3.8, 4) is 17.6 Å². The van der Waals surface area contributed by atoms with E-state index in [2.05, 4.69) is 33.9 Å². The fraction of sp³-hybridized carbons (Fsp3) is 0.292. The maximum Gasteiger partial charge on any atom is 0.321 e. The molecule has 3 aromatic rings. The number of rotatable bonds is 11. The summed E-state index contributed by atoms with van der Waals surface area (Å²) >= 11 is 0. The van der Waals surface area contributed by atoms with Gasteiger partial charge >= 0.3 is 6.01 Å². The van der Waals surface area contributed by atoms with Crippen LogP contribution in [0.25, 0.3) is 0 Å². The summed E-state index contributed by atoms with van der Waals surface area (Å²) in [6.07, 6.45) is 0.953. The number of carbonyl (C=O) groups excluding carboxylic acids is 1. The Labute approximate surface area is 204 Å². The van der Waals surface area contributed by atoms with E-state index in [0.717, 1.165) is 12.0 Å². The van der Waals surface area contributed by atoms with Crippen molar-refractivity contribution in [3.05, 3.63) is 60.2 Å². The lowest BCUT2D eigenvalue weighted by atomic mass is 9.98. The molecule has 186 valence electrons. The number of hydrogen-bond acceptors (Lipinski definition) is 8.